The maximum absolute atomic E-state index is 6.07. The van der Waals surface area contributed by atoms with E-state index in [1.165, 1.54) is 17.7 Å². The van der Waals surface area contributed by atoms with Crippen molar-refractivity contribution in [2.45, 2.75) is 57.6 Å². The summed E-state index contributed by atoms with van der Waals surface area (Å²) in [6.07, 6.45) is 5.22. The van der Waals surface area contributed by atoms with Crippen molar-refractivity contribution >= 4 is 0 Å². The Morgan fingerprint density at radius 3 is 2.95 bits per heavy atom. The largest absolute Gasteiger partial charge is 0.374 e. The molecule has 0 saturated carbocycles. The van der Waals surface area contributed by atoms with Gasteiger partial charge >= 0.3 is 0 Å². The van der Waals surface area contributed by atoms with E-state index in [9.17, 15) is 0 Å². The fraction of sp³-hybridized carbons (Fsp3) is 0.688. The lowest BCUT2D eigenvalue weighted by Crippen LogP contribution is -2.52. The zero-order valence-corrected chi connectivity index (χ0v) is 12.6. The Balaban J connectivity index is 2.28. The van der Waals surface area contributed by atoms with Gasteiger partial charge in [0.25, 0.3) is 0 Å². The van der Waals surface area contributed by atoms with Crippen molar-refractivity contribution in [3.8, 4) is 0 Å². The molecule has 2 rings (SSSR count). The van der Waals surface area contributed by atoms with Gasteiger partial charge < -0.3 is 10.1 Å². The van der Waals surface area contributed by atoms with Crippen LogP contribution in [0.5, 0.6) is 0 Å². The summed E-state index contributed by atoms with van der Waals surface area (Å²) in [5.74, 6) is 0.456. The van der Waals surface area contributed by atoms with Gasteiger partial charge in [0.2, 0.25) is 0 Å². The molecule has 1 aromatic rings. The number of aryl methyl sites for hydroxylation is 1. The van der Waals surface area contributed by atoms with Crippen LogP contribution in [0.1, 0.15) is 50.8 Å². The smallest absolute Gasteiger partial charge is 0.0810 e. The predicted molar refractivity (Wildman–Crippen MR) is 78.5 cm³/mol. The second kappa shape index (κ2) is 6.02. The Morgan fingerprint density at radius 2 is 2.32 bits per heavy atom. The van der Waals surface area contributed by atoms with E-state index in [-0.39, 0.29) is 5.60 Å². The first kappa shape index (κ1) is 14.5. The first-order valence-corrected chi connectivity index (χ1v) is 7.41. The Bertz CT molecular complexity index is 421. The van der Waals surface area contributed by atoms with Crippen molar-refractivity contribution in [2.75, 3.05) is 13.7 Å². The van der Waals surface area contributed by atoms with Gasteiger partial charge in [0.1, 0.15) is 0 Å². The Morgan fingerprint density at radius 1 is 1.53 bits per heavy atom. The lowest BCUT2D eigenvalue weighted by molar-refractivity contribution is -0.0600. The van der Waals surface area contributed by atoms with E-state index in [4.69, 9.17) is 4.74 Å². The summed E-state index contributed by atoms with van der Waals surface area (Å²) in [5, 5.41) is 3.50. The fourth-order valence-electron chi connectivity index (χ4n) is 3.44. The Kier molecular flexibility index (Phi) is 4.58. The van der Waals surface area contributed by atoms with Gasteiger partial charge in [-0.05, 0) is 51.8 Å². The van der Waals surface area contributed by atoms with Gasteiger partial charge in [-0.3, -0.25) is 4.98 Å². The number of rotatable bonds is 6. The average Bonchev–Trinajstić information content (AvgIpc) is 2.84. The summed E-state index contributed by atoms with van der Waals surface area (Å²) in [4.78, 5) is 4.62. The van der Waals surface area contributed by atoms with Crippen molar-refractivity contribution in [3.05, 3.63) is 29.6 Å². The maximum atomic E-state index is 6.07. The van der Waals surface area contributed by atoms with E-state index in [1.54, 1.807) is 0 Å². The van der Waals surface area contributed by atoms with Crippen LogP contribution in [0.4, 0.5) is 0 Å². The maximum Gasteiger partial charge on any atom is 0.0810 e. The SMILES string of the molecule is CCOC(C)(CC)C(NC)C1CCc2cccnc21. The van der Waals surface area contributed by atoms with Crippen LogP contribution in [-0.4, -0.2) is 30.3 Å². The summed E-state index contributed by atoms with van der Waals surface area (Å²) < 4.78 is 6.07. The van der Waals surface area contributed by atoms with Gasteiger partial charge in [-0.1, -0.05) is 13.0 Å². The number of likely N-dealkylation sites (N-methyl/N-ethyl adjacent to an activating group) is 1. The summed E-state index contributed by atoms with van der Waals surface area (Å²) in [6.45, 7) is 7.25. The first-order valence-electron chi connectivity index (χ1n) is 7.41. The fourth-order valence-corrected chi connectivity index (χ4v) is 3.44. The average molecular weight is 262 g/mol. The predicted octanol–water partition coefficient (Wildman–Crippen LogP) is 2.90. The van der Waals surface area contributed by atoms with Crippen LogP contribution >= 0.6 is 0 Å². The Labute approximate surface area is 116 Å². The normalized spacial score (nSPS) is 22.8. The molecule has 0 amide bonds. The van der Waals surface area contributed by atoms with Crippen LogP contribution < -0.4 is 5.32 Å². The Hall–Kier alpha value is -0.930. The van der Waals surface area contributed by atoms with Gasteiger partial charge in [-0.15, -0.1) is 0 Å². The molecule has 0 aliphatic heterocycles. The molecule has 0 aromatic carbocycles. The lowest BCUT2D eigenvalue weighted by atomic mass is 9.82. The second-order valence-corrected chi connectivity index (χ2v) is 5.56. The van der Waals surface area contributed by atoms with Crippen molar-refractivity contribution in [1.82, 2.24) is 10.3 Å². The molecular weight excluding hydrogens is 236 g/mol. The third kappa shape index (κ3) is 2.67. The molecule has 0 fully saturated rings. The molecule has 3 nitrogen and oxygen atoms in total. The number of hydrogen-bond donors (Lipinski definition) is 1. The molecule has 1 aromatic heterocycles. The van der Waals surface area contributed by atoms with Crippen molar-refractivity contribution < 1.29 is 4.74 Å². The second-order valence-electron chi connectivity index (χ2n) is 5.56. The highest BCUT2D eigenvalue weighted by Crippen LogP contribution is 2.39. The van der Waals surface area contributed by atoms with Gasteiger partial charge in [0.15, 0.2) is 0 Å². The zero-order valence-electron chi connectivity index (χ0n) is 12.6. The monoisotopic (exact) mass is 262 g/mol. The van der Waals surface area contributed by atoms with Crippen molar-refractivity contribution in [1.29, 1.82) is 0 Å². The van der Waals surface area contributed by atoms with E-state index >= 15 is 0 Å². The minimum atomic E-state index is -0.132. The van der Waals surface area contributed by atoms with E-state index in [0.29, 0.717) is 12.0 Å². The zero-order chi connectivity index (χ0) is 13.9. The standard InChI is InChI=1S/C16H26N2O/c1-5-16(3,19-6-2)15(17-4)13-10-9-12-8-7-11-18-14(12)13/h7-8,11,13,15,17H,5-6,9-10H2,1-4H3. The molecule has 1 heterocycles. The molecule has 0 spiro atoms. The van der Waals surface area contributed by atoms with Gasteiger partial charge in [-0.2, -0.15) is 0 Å². The number of hydrogen-bond acceptors (Lipinski definition) is 3. The summed E-state index contributed by atoms with van der Waals surface area (Å²) in [7, 11) is 2.04. The van der Waals surface area contributed by atoms with E-state index in [0.717, 1.165) is 19.4 Å². The number of ether oxygens (including phenoxy) is 1. The highest BCUT2D eigenvalue weighted by atomic mass is 16.5. The van der Waals surface area contributed by atoms with E-state index in [1.807, 2.05) is 19.3 Å². The highest BCUT2D eigenvalue weighted by Gasteiger charge is 2.41. The highest BCUT2D eigenvalue weighted by molar-refractivity contribution is 5.31. The molecule has 19 heavy (non-hydrogen) atoms. The van der Waals surface area contributed by atoms with E-state index < -0.39 is 0 Å². The number of nitrogens with zero attached hydrogens (tertiary/aromatic N) is 1. The lowest BCUT2D eigenvalue weighted by Gasteiger charge is -2.40. The molecule has 1 aliphatic carbocycles. The molecule has 3 unspecified atom stereocenters. The number of nitrogens with one attached hydrogen (secondary N) is 1. The third-order valence-corrected chi connectivity index (χ3v) is 4.55. The molecule has 3 atom stereocenters. The molecule has 106 valence electrons. The minimum absolute atomic E-state index is 0.132. The van der Waals surface area contributed by atoms with Crippen LogP contribution in [0.15, 0.2) is 18.3 Å². The van der Waals surface area contributed by atoms with Crippen LogP contribution in [0.2, 0.25) is 0 Å². The molecular formula is C16H26N2O. The minimum Gasteiger partial charge on any atom is -0.374 e. The quantitative estimate of drug-likeness (QED) is 0.856. The molecule has 0 bridgehead atoms. The van der Waals surface area contributed by atoms with E-state index in [2.05, 4.69) is 37.1 Å². The van der Waals surface area contributed by atoms with Gasteiger partial charge in [-0.25, -0.2) is 0 Å². The third-order valence-electron chi connectivity index (χ3n) is 4.55. The van der Waals surface area contributed by atoms with Crippen molar-refractivity contribution in [2.24, 2.45) is 0 Å². The van der Waals surface area contributed by atoms with Gasteiger partial charge in [0, 0.05) is 30.5 Å². The molecule has 1 aliphatic rings. The number of pyridine rings is 1. The van der Waals surface area contributed by atoms with Crippen molar-refractivity contribution in [3.63, 3.8) is 0 Å². The van der Waals surface area contributed by atoms with Crippen LogP contribution in [0.3, 0.4) is 0 Å². The summed E-state index contributed by atoms with van der Waals surface area (Å²) >= 11 is 0. The number of aromatic nitrogens is 1. The van der Waals surface area contributed by atoms with Crippen LogP contribution in [0.25, 0.3) is 0 Å². The molecule has 0 saturated heterocycles. The topological polar surface area (TPSA) is 34.1 Å². The molecule has 3 heteroatoms. The van der Waals surface area contributed by atoms with Crippen LogP contribution in [0, 0.1) is 0 Å². The summed E-state index contributed by atoms with van der Waals surface area (Å²) in [6, 6.07) is 4.56. The number of fused-ring (bicyclic) bond motifs is 1. The first-order chi connectivity index (χ1) is 9.16. The van der Waals surface area contributed by atoms with Gasteiger partial charge in [0.05, 0.1) is 5.60 Å². The summed E-state index contributed by atoms with van der Waals surface area (Å²) in [5.41, 5.74) is 2.54. The molecule has 0 radical (unpaired) electrons. The van der Waals surface area contributed by atoms with Crippen LogP contribution in [-0.2, 0) is 11.2 Å². The molecule has 1 N–H and O–H groups in total.